The van der Waals surface area contributed by atoms with Crippen LogP contribution in [0.1, 0.15) is 118 Å². The van der Waals surface area contributed by atoms with Gasteiger partial charge in [-0.15, -0.1) is 0 Å². The van der Waals surface area contributed by atoms with Crippen LogP contribution in [0, 0.1) is 11.8 Å². The molecular weight excluding hydrogens is 766 g/mol. The molecule has 18 nitrogen and oxygen atoms in total. The van der Waals surface area contributed by atoms with Gasteiger partial charge < -0.3 is 45.8 Å². The Balaban J connectivity index is 0.00000300. The van der Waals surface area contributed by atoms with Crippen LogP contribution in [0.25, 0.3) is 0 Å². The van der Waals surface area contributed by atoms with Crippen LogP contribution < -0.4 is 21.3 Å². The number of piperidine rings is 1. The van der Waals surface area contributed by atoms with Crippen molar-refractivity contribution in [2.45, 2.75) is 154 Å². The Morgan fingerprint density at radius 1 is 0.746 bits per heavy atom. The van der Waals surface area contributed by atoms with Crippen LogP contribution in [-0.2, 0) is 47.9 Å². The third-order valence-electron chi connectivity index (χ3n) is 11.9. The molecule has 18 heteroatoms. The smallest absolute Gasteiger partial charge is 0.373 e. The molecule has 3 heterocycles. The molecule has 0 aromatic rings. The summed E-state index contributed by atoms with van der Waals surface area (Å²) in [7, 11) is 0. The number of likely N-dealkylation sites (tertiary alicyclic amines) is 2. The van der Waals surface area contributed by atoms with Crippen LogP contribution in [0.15, 0.2) is 0 Å². The van der Waals surface area contributed by atoms with E-state index in [4.69, 9.17) is 14.3 Å². The second-order valence-electron chi connectivity index (χ2n) is 16.3. The van der Waals surface area contributed by atoms with Gasteiger partial charge in [-0.25, -0.2) is 0 Å². The summed E-state index contributed by atoms with van der Waals surface area (Å²) < 4.78 is 5.38. The normalized spacial score (nSPS) is 22.2. The highest BCUT2D eigenvalue weighted by atomic mass is 16.5. The third kappa shape index (κ3) is 15.0. The van der Waals surface area contributed by atoms with E-state index in [0.29, 0.717) is 77.3 Å². The lowest BCUT2D eigenvalue weighted by atomic mass is 9.79. The summed E-state index contributed by atoms with van der Waals surface area (Å²) in [5.74, 6) is -2.26. The van der Waals surface area contributed by atoms with E-state index in [1.54, 1.807) is 4.90 Å². The van der Waals surface area contributed by atoms with Crippen molar-refractivity contribution in [1.82, 2.24) is 36.0 Å². The predicted octanol–water partition coefficient (Wildman–Crippen LogP) is 0.402. The second kappa shape index (κ2) is 25.3. The molecule has 0 aromatic carbocycles. The number of carbonyl (C=O) groups excluding carboxylic acids is 9. The van der Waals surface area contributed by atoms with Gasteiger partial charge in [-0.05, 0) is 70.6 Å². The Bertz CT molecular complexity index is 1460. The predicted molar refractivity (Wildman–Crippen MR) is 213 cm³/mol. The fraction of sp³-hybridized carbons (Fsp3) is 0.805. The van der Waals surface area contributed by atoms with Gasteiger partial charge in [0.1, 0.15) is 30.2 Å². The van der Waals surface area contributed by atoms with Crippen LogP contribution in [0.4, 0.5) is 0 Å². The molecule has 332 valence electrons. The SMILES string of the molecule is CCCNC(=O)[C@@H](NC(=O)[C@@H]1CCCN1C(=O)[C@H](C)NC(=O)[C@@H]1CCCCN1C(=O)[C@H](CCC(=O)N1CCOCC1)NC(=O)C[C@H](C)C1CCCCC1)[C@@H](C)O.O=C=O. The molecule has 5 N–H and O–H groups in total. The molecule has 4 rings (SSSR count). The fourth-order valence-corrected chi connectivity index (χ4v) is 8.52. The van der Waals surface area contributed by atoms with Crippen molar-refractivity contribution >= 4 is 47.5 Å². The van der Waals surface area contributed by atoms with Gasteiger partial charge in [-0.2, -0.15) is 9.59 Å². The van der Waals surface area contributed by atoms with Gasteiger partial charge in [-0.3, -0.25) is 33.6 Å². The fourth-order valence-electron chi connectivity index (χ4n) is 8.52. The highest BCUT2D eigenvalue weighted by molar-refractivity contribution is 5.97. The monoisotopic (exact) mass is 833 g/mol. The first-order chi connectivity index (χ1) is 28.2. The summed E-state index contributed by atoms with van der Waals surface area (Å²) in [6, 6.07) is -5.01. The summed E-state index contributed by atoms with van der Waals surface area (Å²) in [4.78, 5) is 115. The molecule has 7 atom stereocenters. The van der Waals surface area contributed by atoms with E-state index in [1.165, 1.54) is 30.1 Å². The molecule has 4 fully saturated rings. The number of amides is 7. The molecule has 0 spiro atoms. The molecule has 0 radical (unpaired) electrons. The standard InChI is InChI=1S/C40H67N7O9.CO2/c1-5-18-41-38(53)35(28(4)48)44-37(52)32-15-11-20-46(32)39(54)27(3)42-36(51)31-14-9-10-19-47(31)40(55)30(16-17-34(50)45-21-23-56-24-22-45)43-33(49)25-26(2)29-12-7-6-8-13-29;2-1-3/h26-32,35,48H,5-25H2,1-4H3,(H,41,53)(H,42,51)(H,43,49)(H,44,52);/t26-,27-,28+,30-,31-,32-,35-;/m0./s1. The van der Waals surface area contributed by atoms with Crippen molar-refractivity contribution in [3.05, 3.63) is 0 Å². The van der Waals surface area contributed by atoms with Gasteiger partial charge >= 0.3 is 6.15 Å². The van der Waals surface area contributed by atoms with Crippen molar-refractivity contribution in [2.75, 3.05) is 45.9 Å². The first-order valence-corrected chi connectivity index (χ1v) is 21.6. The van der Waals surface area contributed by atoms with Crippen molar-refractivity contribution in [1.29, 1.82) is 0 Å². The number of nitrogens with one attached hydrogen (secondary N) is 4. The van der Waals surface area contributed by atoms with Gasteiger partial charge in [0.05, 0.1) is 19.3 Å². The van der Waals surface area contributed by atoms with Crippen molar-refractivity contribution < 1.29 is 53.0 Å². The summed E-state index contributed by atoms with van der Waals surface area (Å²) in [5, 5.41) is 21.2. The van der Waals surface area contributed by atoms with E-state index < -0.39 is 65.8 Å². The maximum Gasteiger partial charge on any atom is 0.373 e. The number of hydrogen-bond acceptors (Lipinski definition) is 11. The maximum absolute atomic E-state index is 14.3. The molecular formula is C41H67N7O11. The van der Waals surface area contributed by atoms with E-state index in [2.05, 4.69) is 28.2 Å². The maximum atomic E-state index is 14.3. The zero-order valence-electron chi connectivity index (χ0n) is 35.3. The zero-order valence-corrected chi connectivity index (χ0v) is 35.3. The quantitative estimate of drug-likeness (QED) is 0.134. The number of aliphatic hydroxyl groups is 1. The number of nitrogens with zero attached hydrogens (tertiary/aromatic N) is 3. The van der Waals surface area contributed by atoms with E-state index in [1.807, 2.05) is 6.92 Å². The highest BCUT2D eigenvalue weighted by Crippen LogP contribution is 2.31. The number of carbonyl (C=O) groups is 7. The van der Waals surface area contributed by atoms with Crippen molar-refractivity contribution in [2.24, 2.45) is 11.8 Å². The Morgan fingerprint density at radius 3 is 1.95 bits per heavy atom. The number of hydrogen-bond donors (Lipinski definition) is 5. The van der Waals surface area contributed by atoms with Crippen LogP contribution in [0.2, 0.25) is 0 Å². The van der Waals surface area contributed by atoms with Crippen LogP contribution in [-0.4, -0.2) is 150 Å². The highest BCUT2D eigenvalue weighted by Gasteiger charge is 2.41. The summed E-state index contributed by atoms with van der Waals surface area (Å²) in [6.45, 7) is 9.68. The molecule has 59 heavy (non-hydrogen) atoms. The van der Waals surface area contributed by atoms with Gasteiger partial charge in [0.15, 0.2) is 0 Å². The van der Waals surface area contributed by atoms with Gasteiger partial charge in [0, 0.05) is 45.6 Å². The molecule has 0 aromatic heterocycles. The minimum absolute atomic E-state index is 0.0526. The van der Waals surface area contributed by atoms with Crippen molar-refractivity contribution in [3.8, 4) is 0 Å². The minimum Gasteiger partial charge on any atom is -0.391 e. The van der Waals surface area contributed by atoms with Crippen LogP contribution in [0.5, 0.6) is 0 Å². The average Bonchev–Trinajstić information content (AvgIpc) is 3.73. The van der Waals surface area contributed by atoms with Crippen molar-refractivity contribution in [3.63, 3.8) is 0 Å². The Morgan fingerprint density at radius 2 is 1.32 bits per heavy atom. The molecule has 1 saturated carbocycles. The zero-order chi connectivity index (χ0) is 43.5. The third-order valence-corrected chi connectivity index (χ3v) is 11.9. The lowest BCUT2D eigenvalue weighted by molar-refractivity contribution is -0.191. The molecule has 3 saturated heterocycles. The molecule has 4 aliphatic rings. The topological polar surface area (TPSA) is 241 Å². The van der Waals surface area contributed by atoms with Crippen LogP contribution >= 0.6 is 0 Å². The lowest BCUT2D eigenvalue weighted by Crippen LogP contribution is -2.60. The molecule has 0 unspecified atom stereocenters. The molecule has 1 aliphatic carbocycles. The van der Waals surface area contributed by atoms with Gasteiger partial charge in [-0.1, -0.05) is 46.0 Å². The number of ether oxygens (including phenoxy) is 1. The van der Waals surface area contributed by atoms with Crippen LogP contribution in [0.3, 0.4) is 0 Å². The van der Waals surface area contributed by atoms with E-state index in [-0.39, 0.29) is 56.2 Å². The average molecular weight is 834 g/mol. The second-order valence-corrected chi connectivity index (χ2v) is 16.3. The van der Waals surface area contributed by atoms with E-state index >= 15 is 0 Å². The van der Waals surface area contributed by atoms with Gasteiger partial charge in [0.2, 0.25) is 41.4 Å². The Labute approximate surface area is 347 Å². The summed E-state index contributed by atoms with van der Waals surface area (Å²) >= 11 is 0. The Hall–Kier alpha value is -4.41. The molecule has 7 amide bonds. The first-order valence-electron chi connectivity index (χ1n) is 21.6. The van der Waals surface area contributed by atoms with E-state index in [9.17, 15) is 38.7 Å². The molecule has 3 aliphatic heterocycles. The summed E-state index contributed by atoms with van der Waals surface area (Å²) in [5.41, 5.74) is 0. The van der Waals surface area contributed by atoms with E-state index in [0.717, 1.165) is 25.7 Å². The number of rotatable bonds is 17. The largest absolute Gasteiger partial charge is 0.391 e. The lowest BCUT2D eigenvalue weighted by Gasteiger charge is -2.38. The molecule has 0 bridgehead atoms. The number of morpholine rings is 1. The number of aliphatic hydroxyl groups excluding tert-OH is 1. The minimum atomic E-state index is -1.19. The first kappa shape index (κ1) is 49.0. The summed E-state index contributed by atoms with van der Waals surface area (Å²) in [6.07, 6.45) is 8.47. The van der Waals surface area contributed by atoms with Gasteiger partial charge in [0.25, 0.3) is 0 Å². The Kier molecular flexibility index (Phi) is 21.0.